The van der Waals surface area contributed by atoms with Crippen LogP contribution in [-0.4, -0.2) is 26.5 Å². The van der Waals surface area contributed by atoms with Crippen molar-refractivity contribution in [3.63, 3.8) is 0 Å². The Kier molecular flexibility index (Phi) is 7.11. The summed E-state index contributed by atoms with van der Waals surface area (Å²) in [6.07, 6.45) is 11.9. The number of fused-ring (bicyclic) bond motifs is 1. The molecule has 5 rings (SSSR count). The number of hydrogen-bond acceptors (Lipinski definition) is 5. The molecule has 0 amide bonds. The molecular formula is C25H22ClN5. The summed E-state index contributed by atoms with van der Waals surface area (Å²) in [6.45, 7) is 1.85. The van der Waals surface area contributed by atoms with Crippen molar-refractivity contribution in [3.05, 3.63) is 107 Å². The van der Waals surface area contributed by atoms with Crippen LogP contribution in [0.25, 0.3) is 23.5 Å². The van der Waals surface area contributed by atoms with Crippen LogP contribution < -0.4 is 5.32 Å². The first-order valence-corrected chi connectivity index (χ1v) is 10.5. The van der Waals surface area contributed by atoms with Crippen molar-refractivity contribution in [2.45, 2.75) is 13.0 Å². The monoisotopic (exact) mass is 427 g/mol. The highest BCUT2D eigenvalue weighted by Gasteiger charge is 2.12. The SMILES string of the molecule is Clc1ccc(/C=C/c2ccc(-c3ncc4c(n3)CCNC4)cc2)cc1.c1cncnc1. The van der Waals surface area contributed by atoms with Crippen LogP contribution in [0, 0.1) is 0 Å². The van der Waals surface area contributed by atoms with Crippen LogP contribution in [0.1, 0.15) is 22.4 Å². The van der Waals surface area contributed by atoms with Gasteiger partial charge in [-0.1, -0.05) is 60.2 Å². The van der Waals surface area contributed by atoms with Gasteiger partial charge in [0.25, 0.3) is 0 Å². The molecule has 2 aromatic heterocycles. The molecule has 154 valence electrons. The van der Waals surface area contributed by atoms with Gasteiger partial charge in [-0.05, 0) is 29.3 Å². The average Bonchev–Trinajstić information content (AvgIpc) is 2.85. The molecule has 6 heteroatoms. The van der Waals surface area contributed by atoms with E-state index in [1.807, 2.05) is 30.5 Å². The third kappa shape index (κ3) is 6.04. The van der Waals surface area contributed by atoms with E-state index in [0.717, 1.165) is 52.7 Å². The minimum Gasteiger partial charge on any atom is -0.312 e. The lowest BCUT2D eigenvalue weighted by Gasteiger charge is -2.16. The Morgan fingerprint density at radius 1 is 0.871 bits per heavy atom. The van der Waals surface area contributed by atoms with Crippen LogP contribution in [-0.2, 0) is 13.0 Å². The van der Waals surface area contributed by atoms with Crippen molar-refractivity contribution in [3.8, 4) is 11.4 Å². The molecule has 1 N–H and O–H groups in total. The Morgan fingerprint density at radius 3 is 2.16 bits per heavy atom. The van der Waals surface area contributed by atoms with Crippen molar-refractivity contribution in [1.29, 1.82) is 0 Å². The van der Waals surface area contributed by atoms with Crippen LogP contribution in [0.15, 0.2) is 79.5 Å². The van der Waals surface area contributed by atoms with Crippen molar-refractivity contribution in [2.24, 2.45) is 0 Å². The maximum atomic E-state index is 5.91. The predicted molar refractivity (Wildman–Crippen MR) is 125 cm³/mol. The standard InChI is InChI=1S/C21H18ClN3.C4H4N2/c22-19-9-5-16(6-10-19)2-1-15-3-7-17(8-4-15)21-24-14-18-13-23-12-11-20(18)25-21;1-2-5-4-6-3-1/h1-10,14,23H,11-13H2;1-4H/b2-1+;. The first-order valence-electron chi connectivity index (χ1n) is 10.1. The number of nitrogens with one attached hydrogen (secondary N) is 1. The van der Waals surface area contributed by atoms with Gasteiger partial charge in [0.15, 0.2) is 5.82 Å². The van der Waals surface area contributed by atoms with E-state index in [4.69, 9.17) is 16.6 Å². The van der Waals surface area contributed by atoms with Gasteiger partial charge in [-0.15, -0.1) is 0 Å². The molecule has 1 aliphatic rings. The van der Waals surface area contributed by atoms with Gasteiger partial charge >= 0.3 is 0 Å². The van der Waals surface area contributed by atoms with Crippen molar-refractivity contribution in [2.75, 3.05) is 6.54 Å². The van der Waals surface area contributed by atoms with Crippen molar-refractivity contribution < 1.29 is 0 Å². The summed E-state index contributed by atoms with van der Waals surface area (Å²) in [5.41, 5.74) is 5.68. The summed E-state index contributed by atoms with van der Waals surface area (Å²) in [7, 11) is 0. The molecule has 31 heavy (non-hydrogen) atoms. The second-order valence-electron chi connectivity index (χ2n) is 7.00. The van der Waals surface area contributed by atoms with E-state index in [9.17, 15) is 0 Å². The van der Waals surface area contributed by atoms with Crippen LogP contribution in [0.4, 0.5) is 0 Å². The molecule has 3 heterocycles. The van der Waals surface area contributed by atoms with Crippen molar-refractivity contribution in [1.82, 2.24) is 25.3 Å². The quantitative estimate of drug-likeness (QED) is 0.461. The molecule has 4 aromatic rings. The normalized spacial score (nSPS) is 12.7. The third-order valence-corrected chi connectivity index (χ3v) is 5.04. The Bertz CT molecular complexity index is 1100. The van der Waals surface area contributed by atoms with E-state index in [1.54, 1.807) is 18.5 Å². The maximum absolute atomic E-state index is 5.91. The molecule has 0 spiro atoms. The van der Waals surface area contributed by atoms with E-state index < -0.39 is 0 Å². The zero-order chi connectivity index (χ0) is 21.3. The zero-order valence-electron chi connectivity index (χ0n) is 16.9. The van der Waals surface area contributed by atoms with Crippen LogP contribution in [0.5, 0.6) is 0 Å². The predicted octanol–water partition coefficient (Wildman–Crippen LogP) is 5.09. The van der Waals surface area contributed by atoms with E-state index in [-0.39, 0.29) is 0 Å². The molecule has 2 aromatic carbocycles. The fourth-order valence-electron chi connectivity index (χ4n) is 3.14. The number of aromatic nitrogens is 4. The van der Waals surface area contributed by atoms with Gasteiger partial charge in [0.2, 0.25) is 0 Å². The van der Waals surface area contributed by atoms with E-state index in [1.165, 1.54) is 11.9 Å². The van der Waals surface area contributed by atoms with Gasteiger partial charge < -0.3 is 5.32 Å². The number of nitrogens with zero attached hydrogens (tertiary/aromatic N) is 4. The second-order valence-corrected chi connectivity index (χ2v) is 7.44. The fraction of sp³-hybridized carbons (Fsp3) is 0.120. The summed E-state index contributed by atoms with van der Waals surface area (Å²) in [5, 5.41) is 4.10. The van der Waals surface area contributed by atoms with Gasteiger partial charge in [-0.3, -0.25) is 0 Å². The summed E-state index contributed by atoms with van der Waals surface area (Å²) < 4.78 is 0. The Balaban J connectivity index is 0.000000334. The Labute approximate surface area is 186 Å². The van der Waals surface area contributed by atoms with Gasteiger partial charge in [-0.2, -0.15) is 0 Å². The van der Waals surface area contributed by atoms with Gasteiger partial charge in [0, 0.05) is 54.3 Å². The summed E-state index contributed by atoms with van der Waals surface area (Å²) in [4.78, 5) is 16.6. The van der Waals surface area contributed by atoms with Gasteiger partial charge in [0.05, 0.1) is 5.69 Å². The van der Waals surface area contributed by atoms with E-state index >= 15 is 0 Å². The molecule has 0 fully saturated rings. The van der Waals surface area contributed by atoms with E-state index in [2.05, 4.69) is 56.7 Å². The summed E-state index contributed by atoms with van der Waals surface area (Å²) in [6, 6.07) is 17.9. The lowest BCUT2D eigenvalue weighted by molar-refractivity contribution is 0.626. The molecule has 0 aliphatic carbocycles. The topological polar surface area (TPSA) is 63.6 Å². The molecule has 5 nitrogen and oxygen atoms in total. The maximum Gasteiger partial charge on any atom is 0.159 e. The number of rotatable bonds is 3. The first-order chi connectivity index (χ1) is 15.3. The summed E-state index contributed by atoms with van der Waals surface area (Å²) >= 11 is 5.91. The highest BCUT2D eigenvalue weighted by atomic mass is 35.5. The zero-order valence-corrected chi connectivity index (χ0v) is 17.7. The molecule has 0 radical (unpaired) electrons. The highest BCUT2D eigenvalue weighted by Crippen LogP contribution is 2.20. The lowest BCUT2D eigenvalue weighted by Crippen LogP contribution is -2.24. The number of halogens is 1. The number of hydrogen-bond donors (Lipinski definition) is 1. The van der Waals surface area contributed by atoms with Crippen LogP contribution >= 0.6 is 11.6 Å². The smallest absolute Gasteiger partial charge is 0.159 e. The molecule has 0 atom stereocenters. The third-order valence-electron chi connectivity index (χ3n) is 4.79. The minimum atomic E-state index is 0.752. The fourth-order valence-corrected chi connectivity index (χ4v) is 3.26. The van der Waals surface area contributed by atoms with Crippen LogP contribution in [0.2, 0.25) is 5.02 Å². The Morgan fingerprint density at radius 2 is 1.55 bits per heavy atom. The van der Waals surface area contributed by atoms with Gasteiger partial charge in [0.1, 0.15) is 6.33 Å². The molecule has 1 aliphatic heterocycles. The average molecular weight is 428 g/mol. The first kappa shape index (κ1) is 20.8. The minimum absolute atomic E-state index is 0.752. The highest BCUT2D eigenvalue weighted by molar-refractivity contribution is 6.30. The molecule has 0 saturated carbocycles. The van der Waals surface area contributed by atoms with E-state index in [0.29, 0.717) is 0 Å². The largest absolute Gasteiger partial charge is 0.312 e. The molecule has 0 saturated heterocycles. The molecule has 0 bridgehead atoms. The second kappa shape index (κ2) is 10.6. The Hall–Kier alpha value is -3.41. The molecular weight excluding hydrogens is 406 g/mol. The summed E-state index contributed by atoms with van der Waals surface area (Å²) in [5.74, 6) is 0.800. The van der Waals surface area contributed by atoms with Crippen LogP contribution in [0.3, 0.4) is 0 Å². The number of benzene rings is 2. The molecule has 0 unspecified atom stereocenters. The lowest BCUT2D eigenvalue weighted by atomic mass is 10.1. The van der Waals surface area contributed by atoms with Gasteiger partial charge in [-0.25, -0.2) is 19.9 Å². The van der Waals surface area contributed by atoms with Crippen molar-refractivity contribution >= 4 is 23.8 Å².